The van der Waals surface area contributed by atoms with Crippen molar-refractivity contribution in [2.75, 3.05) is 24.6 Å². The van der Waals surface area contributed by atoms with E-state index >= 15 is 0 Å². The maximum Gasteiger partial charge on any atom is 0.191 e. The fourth-order valence-electron chi connectivity index (χ4n) is 1.98. The number of aromatic nitrogens is 3. The molecule has 0 aliphatic carbocycles. The molecule has 2 N–H and O–H groups in total. The fourth-order valence-corrected chi connectivity index (χ4v) is 2.88. The van der Waals surface area contributed by atoms with Gasteiger partial charge in [0.2, 0.25) is 0 Å². The Morgan fingerprint density at radius 3 is 2.74 bits per heavy atom. The highest BCUT2D eigenvalue weighted by Gasteiger charge is 2.18. The van der Waals surface area contributed by atoms with Crippen LogP contribution in [0.4, 0.5) is 0 Å². The van der Waals surface area contributed by atoms with Gasteiger partial charge in [0.15, 0.2) is 5.96 Å². The Hall–Kier alpha value is -1.24. The van der Waals surface area contributed by atoms with E-state index < -0.39 is 0 Å². The molecule has 0 bridgehead atoms. The van der Waals surface area contributed by atoms with E-state index in [2.05, 4.69) is 40.7 Å². The zero-order chi connectivity index (χ0) is 13.9. The highest BCUT2D eigenvalue weighted by Crippen LogP contribution is 2.14. The molecule has 2 rings (SSSR count). The van der Waals surface area contributed by atoms with E-state index in [1.807, 2.05) is 16.4 Å². The van der Waals surface area contributed by atoms with Crippen LogP contribution in [0.1, 0.15) is 26.6 Å². The normalized spacial score (nSPS) is 17.8. The van der Waals surface area contributed by atoms with Crippen LogP contribution in [-0.2, 0) is 12.1 Å². The Balaban J connectivity index is 2.03. The number of guanidine groups is 1. The van der Waals surface area contributed by atoms with Gasteiger partial charge in [-0.1, -0.05) is 0 Å². The van der Waals surface area contributed by atoms with Gasteiger partial charge in [0, 0.05) is 24.6 Å². The molecule has 1 saturated heterocycles. The molecule has 1 aromatic heterocycles. The number of thioether (sulfide) groups is 1. The molecule has 0 aromatic carbocycles. The zero-order valence-corrected chi connectivity index (χ0v) is 12.7. The van der Waals surface area contributed by atoms with E-state index in [1.54, 1.807) is 6.33 Å². The van der Waals surface area contributed by atoms with Crippen LogP contribution in [0.25, 0.3) is 0 Å². The predicted molar refractivity (Wildman–Crippen MR) is 79.2 cm³/mol. The number of hydrogen-bond acceptors (Lipinski definition) is 4. The van der Waals surface area contributed by atoms with Crippen molar-refractivity contribution in [3.05, 3.63) is 12.2 Å². The second-order valence-corrected chi connectivity index (χ2v) is 6.76. The number of hydrogen-bond donors (Lipinski definition) is 1. The number of aliphatic imine (C=N–C) groups is 1. The molecule has 0 unspecified atom stereocenters. The molecule has 106 valence electrons. The summed E-state index contributed by atoms with van der Waals surface area (Å²) in [4.78, 5) is 10.9. The second kappa shape index (κ2) is 5.81. The smallest absolute Gasteiger partial charge is 0.191 e. The molecule has 0 amide bonds. The number of nitrogens with two attached hydrogens (primary N) is 1. The lowest BCUT2D eigenvalue weighted by atomic mass is 10.1. The van der Waals surface area contributed by atoms with Gasteiger partial charge in [-0.15, -0.1) is 0 Å². The molecule has 1 aromatic rings. The van der Waals surface area contributed by atoms with Gasteiger partial charge < -0.3 is 10.6 Å². The van der Waals surface area contributed by atoms with Crippen molar-refractivity contribution >= 4 is 17.7 Å². The first-order valence-corrected chi connectivity index (χ1v) is 7.66. The Labute approximate surface area is 118 Å². The maximum absolute atomic E-state index is 6.03. The van der Waals surface area contributed by atoms with Crippen molar-refractivity contribution in [2.24, 2.45) is 10.7 Å². The largest absolute Gasteiger partial charge is 0.370 e. The molecule has 0 saturated carbocycles. The third kappa shape index (κ3) is 3.62. The number of rotatable bonds is 2. The van der Waals surface area contributed by atoms with Gasteiger partial charge in [0.05, 0.1) is 5.54 Å². The quantitative estimate of drug-likeness (QED) is 0.644. The molecular weight excluding hydrogens is 260 g/mol. The minimum Gasteiger partial charge on any atom is -0.370 e. The van der Waals surface area contributed by atoms with Crippen LogP contribution in [0, 0.1) is 0 Å². The number of nitrogens with zero attached hydrogens (tertiary/aromatic N) is 5. The summed E-state index contributed by atoms with van der Waals surface area (Å²) >= 11 is 1.96. The van der Waals surface area contributed by atoms with Crippen molar-refractivity contribution < 1.29 is 0 Å². The third-order valence-electron chi connectivity index (χ3n) is 2.97. The SMILES string of the molecule is CC(C)(C)n1ncnc1CN=C(N)N1CCSCC1. The van der Waals surface area contributed by atoms with Gasteiger partial charge in [0.1, 0.15) is 18.7 Å². The van der Waals surface area contributed by atoms with Gasteiger partial charge in [-0.25, -0.2) is 14.7 Å². The van der Waals surface area contributed by atoms with Crippen LogP contribution in [0.15, 0.2) is 11.3 Å². The van der Waals surface area contributed by atoms with E-state index in [1.165, 1.54) is 0 Å². The molecule has 1 aliphatic heterocycles. The Kier molecular flexibility index (Phi) is 4.34. The first-order chi connectivity index (χ1) is 8.98. The van der Waals surface area contributed by atoms with Crippen LogP contribution in [0.5, 0.6) is 0 Å². The minimum absolute atomic E-state index is 0.0854. The van der Waals surface area contributed by atoms with E-state index in [9.17, 15) is 0 Å². The first kappa shape index (κ1) is 14.2. The molecule has 2 heterocycles. The van der Waals surface area contributed by atoms with Gasteiger partial charge in [-0.2, -0.15) is 16.9 Å². The van der Waals surface area contributed by atoms with Crippen LogP contribution >= 0.6 is 11.8 Å². The van der Waals surface area contributed by atoms with E-state index in [-0.39, 0.29) is 5.54 Å². The first-order valence-electron chi connectivity index (χ1n) is 6.50. The Bertz CT molecular complexity index is 441. The molecular formula is C12H22N6S. The monoisotopic (exact) mass is 282 g/mol. The predicted octanol–water partition coefficient (Wildman–Crippen LogP) is 0.897. The molecule has 7 heteroatoms. The third-order valence-corrected chi connectivity index (χ3v) is 3.91. The lowest BCUT2D eigenvalue weighted by Crippen LogP contribution is -2.42. The summed E-state index contributed by atoms with van der Waals surface area (Å²) < 4.78 is 1.90. The molecule has 0 radical (unpaired) electrons. The minimum atomic E-state index is -0.0854. The summed E-state index contributed by atoms with van der Waals surface area (Å²) in [6.45, 7) is 8.73. The highest BCUT2D eigenvalue weighted by molar-refractivity contribution is 7.99. The molecule has 0 spiro atoms. The maximum atomic E-state index is 6.03. The molecule has 0 atom stereocenters. The van der Waals surface area contributed by atoms with Crippen LogP contribution in [0.2, 0.25) is 0 Å². The van der Waals surface area contributed by atoms with Gasteiger partial charge in [-0.05, 0) is 20.8 Å². The topological polar surface area (TPSA) is 72.3 Å². The summed E-state index contributed by atoms with van der Waals surface area (Å²) in [5, 5.41) is 4.26. The standard InChI is InChI=1S/C12H22N6S/c1-12(2,3)18-10(15-9-16-18)8-14-11(13)17-4-6-19-7-5-17/h9H,4-8H2,1-3H3,(H2,13,14). The second-order valence-electron chi connectivity index (χ2n) is 5.53. The summed E-state index contributed by atoms with van der Waals surface area (Å²) in [6.07, 6.45) is 1.57. The van der Waals surface area contributed by atoms with Crippen molar-refractivity contribution in [3.8, 4) is 0 Å². The molecule has 1 aliphatic rings. The lowest BCUT2D eigenvalue weighted by molar-refractivity contribution is 0.341. The zero-order valence-electron chi connectivity index (χ0n) is 11.8. The fraction of sp³-hybridized carbons (Fsp3) is 0.750. The van der Waals surface area contributed by atoms with Crippen molar-refractivity contribution in [1.29, 1.82) is 0 Å². The summed E-state index contributed by atoms with van der Waals surface area (Å²) in [5.41, 5.74) is 5.95. The van der Waals surface area contributed by atoms with Crippen LogP contribution in [-0.4, -0.2) is 50.2 Å². The Morgan fingerprint density at radius 2 is 2.11 bits per heavy atom. The van der Waals surface area contributed by atoms with E-state index in [0.717, 1.165) is 30.4 Å². The van der Waals surface area contributed by atoms with Crippen LogP contribution in [0.3, 0.4) is 0 Å². The van der Waals surface area contributed by atoms with Crippen molar-refractivity contribution in [1.82, 2.24) is 19.7 Å². The average Bonchev–Trinajstić information content (AvgIpc) is 2.85. The van der Waals surface area contributed by atoms with E-state index in [0.29, 0.717) is 12.5 Å². The average molecular weight is 282 g/mol. The van der Waals surface area contributed by atoms with Crippen molar-refractivity contribution in [2.45, 2.75) is 32.9 Å². The molecule has 19 heavy (non-hydrogen) atoms. The summed E-state index contributed by atoms with van der Waals surface area (Å²) in [6, 6.07) is 0. The van der Waals surface area contributed by atoms with E-state index in [4.69, 9.17) is 5.73 Å². The van der Waals surface area contributed by atoms with Gasteiger partial charge in [0.25, 0.3) is 0 Å². The molecule has 1 fully saturated rings. The van der Waals surface area contributed by atoms with Gasteiger partial charge in [-0.3, -0.25) is 0 Å². The Morgan fingerprint density at radius 1 is 1.42 bits per heavy atom. The van der Waals surface area contributed by atoms with Crippen molar-refractivity contribution in [3.63, 3.8) is 0 Å². The lowest BCUT2D eigenvalue weighted by Gasteiger charge is -2.27. The van der Waals surface area contributed by atoms with Crippen LogP contribution < -0.4 is 5.73 Å². The molecule has 6 nitrogen and oxygen atoms in total. The van der Waals surface area contributed by atoms with Gasteiger partial charge >= 0.3 is 0 Å². The highest BCUT2D eigenvalue weighted by atomic mass is 32.2. The summed E-state index contributed by atoms with van der Waals surface area (Å²) in [7, 11) is 0. The summed E-state index contributed by atoms with van der Waals surface area (Å²) in [5.74, 6) is 3.70.